The van der Waals surface area contributed by atoms with Crippen molar-refractivity contribution in [3.05, 3.63) is 65.2 Å². The highest BCUT2D eigenvalue weighted by Crippen LogP contribution is 2.36. The molecule has 0 saturated heterocycles. The van der Waals surface area contributed by atoms with Crippen LogP contribution >= 0.6 is 0 Å². The third kappa shape index (κ3) is 3.09. The van der Waals surface area contributed by atoms with Gasteiger partial charge in [0.1, 0.15) is 12.4 Å². The Morgan fingerprint density at radius 3 is 2.59 bits per heavy atom. The molecular weight excluding hydrogens is 291 g/mol. The summed E-state index contributed by atoms with van der Waals surface area (Å²) < 4.78 is 44.3. The number of halogens is 3. The molecule has 1 unspecified atom stereocenters. The lowest BCUT2D eigenvalue weighted by atomic mass is 9.95. The summed E-state index contributed by atoms with van der Waals surface area (Å²) in [5, 5.41) is 3.30. The zero-order valence-electron chi connectivity index (χ0n) is 11.9. The number of ether oxygens (including phenoxy) is 1. The first kappa shape index (κ1) is 14.9. The Morgan fingerprint density at radius 1 is 1.05 bits per heavy atom. The van der Waals surface area contributed by atoms with Crippen LogP contribution in [0.1, 0.15) is 22.7 Å². The lowest BCUT2D eigenvalue weighted by molar-refractivity contribution is -0.139. The maximum atomic E-state index is 13.0. The molecule has 0 aliphatic carbocycles. The van der Waals surface area contributed by atoms with E-state index in [4.69, 9.17) is 4.74 Å². The summed E-state index contributed by atoms with van der Waals surface area (Å²) in [7, 11) is 0. The molecule has 5 heteroatoms. The van der Waals surface area contributed by atoms with Gasteiger partial charge in [-0.05, 0) is 36.2 Å². The van der Waals surface area contributed by atoms with Crippen molar-refractivity contribution < 1.29 is 17.9 Å². The van der Waals surface area contributed by atoms with Gasteiger partial charge in [-0.25, -0.2) is 0 Å². The van der Waals surface area contributed by atoms with Crippen LogP contribution in [0.4, 0.5) is 13.2 Å². The number of benzene rings is 2. The third-order valence-corrected chi connectivity index (χ3v) is 3.81. The normalized spacial score (nSPS) is 17.9. The van der Waals surface area contributed by atoms with Crippen molar-refractivity contribution in [2.45, 2.75) is 18.6 Å². The average molecular weight is 307 g/mol. The van der Waals surface area contributed by atoms with Gasteiger partial charge in [-0.3, -0.25) is 0 Å². The van der Waals surface area contributed by atoms with E-state index in [0.717, 1.165) is 24.6 Å². The molecule has 1 aliphatic rings. The zero-order chi connectivity index (χ0) is 15.6. The maximum absolute atomic E-state index is 13.0. The van der Waals surface area contributed by atoms with Crippen LogP contribution in [0.25, 0.3) is 0 Å². The number of rotatable bonds is 3. The molecule has 2 aromatic rings. The second kappa shape index (κ2) is 6.01. The molecule has 22 heavy (non-hydrogen) atoms. The summed E-state index contributed by atoms with van der Waals surface area (Å²) in [5.41, 5.74) is 1.58. The van der Waals surface area contributed by atoms with E-state index in [1.54, 1.807) is 6.07 Å². The fourth-order valence-corrected chi connectivity index (χ4v) is 2.74. The molecule has 0 fully saturated rings. The highest BCUT2D eigenvalue weighted by atomic mass is 19.4. The van der Waals surface area contributed by atoms with Gasteiger partial charge >= 0.3 is 6.18 Å². The Hall–Kier alpha value is -2.01. The second-order valence-corrected chi connectivity index (χ2v) is 5.26. The second-order valence-electron chi connectivity index (χ2n) is 5.26. The highest BCUT2D eigenvalue weighted by Gasteiger charge is 2.34. The summed E-state index contributed by atoms with van der Waals surface area (Å²) >= 11 is 0. The Morgan fingerprint density at radius 2 is 1.77 bits per heavy atom. The number of fused-ring (bicyclic) bond motifs is 1. The Labute approximate surface area is 126 Å². The fourth-order valence-electron chi connectivity index (χ4n) is 2.74. The van der Waals surface area contributed by atoms with Gasteiger partial charge in [0.2, 0.25) is 0 Å². The summed E-state index contributed by atoms with van der Waals surface area (Å²) in [6.07, 6.45) is -3.49. The topological polar surface area (TPSA) is 21.3 Å². The standard InChI is InChI=1S/C17H16F3NO/c18-17(19,20)14-7-3-4-8-16(14)22-11-15-13-6-2-1-5-12(13)9-10-21-15/h1-8,15,21H,9-11H2. The van der Waals surface area contributed by atoms with Crippen LogP contribution in [0.5, 0.6) is 5.75 Å². The van der Waals surface area contributed by atoms with Crippen molar-refractivity contribution in [2.24, 2.45) is 0 Å². The minimum atomic E-state index is -4.41. The van der Waals surface area contributed by atoms with Crippen molar-refractivity contribution in [1.82, 2.24) is 5.32 Å². The summed E-state index contributed by atoms with van der Waals surface area (Å²) in [5.74, 6) is -0.125. The molecule has 0 spiro atoms. The number of para-hydroxylation sites is 1. The van der Waals surface area contributed by atoms with Crippen LogP contribution in [-0.4, -0.2) is 13.2 Å². The van der Waals surface area contributed by atoms with E-state index in [-0.39, 0.29) is 18.4 Å². The van der Waals surface area contributed by atoms with E-state index < -0.39 is 11.7 Å². The molecular formula is C17H16F3NO. The SMILES string of the molecule is FC(F)(F)c1ccccc1OCC1NCCc2ccccc21. The molecule has 2 nitrogen and oxygen atoms in total. The van der Waals surface area contributed by atoms with Gasteiger partial charge in [0.15, 0.2) is 0 Å². The molecule has 1 N–H and O–H groups in total. The Balaban J connectivity index is 1.77. The molecule has 0 radical (unpaired) electrons. The van der Waals surface area contributed by atoms with Crippen molar-refractivity contribution in [3.63, 3.8) is 0 Å². The van der Waals surface area contributed by atoms with Gasteiger partial charge < -0.3 is 10.1 Å². The predicted molar refractivity (Wildman–Crippen MR) is 77.8 cm³/mol. The van der Waals surface area contributed by atoms with Crippen molar-refractivity contribution in [2.75, 3.05) is 13.2 Å². The summed E-state index contributed by atoms with van der Waals surface area (Å²) in [6.45, 7) is 0.968. The number of hydrogen-bond acceptors (Lipinski definition) is 2. The largest absolute Gasteiger partial charge is 0.491 e. The monoisotopic (exact) mass is 307 g/mol. The van der Waals surface area contributed by atoms with Gasteiger partial charge in [0.25, 0.3) is 0 Å². The number of nitrogens with one attached hydrogen (secondary N) is 1. The predicted octanol–water partition coefficient (Wildman–Crippen LogP) is 3.97. The van der Waals surface area contributed by atoms with Crippen molar-refractivity contribution in [3.8, 4) is 5.75 Å². The molecule has 0 amide bonds. The molecule has 0 aromatic heterocycles. The van der Waals surface area contributed by atoms with Crippen LogP contribution in [-0.2, 0) is 12.6 Å². The smallest absolute Gasteiger partial charge is 0.419 e. The first-order valence-electron chi connectivity index (χ1n) is 7.16. The molecule has 116 valence electrons. The van der Waals surface area contributed by atoms with E-state index in [2.05, 4.69) is 5.32 Å². The molecule has 0 saturated carbocycles. The van der Waals surface area contributed by atoms with Crippen LogP contribution in [0, 0.1) is 0 Å². The van der Waals surface area contributed by atoms with E-state index in [9.17, 15) is 13.2 Å². The van der Waals surface area contributed by atoms with Gasteiger partial charge in [-0.2, -0.15) is 13.2 Å². The summed E-state index contributed by atoms with van der Waals surface area (Å²) in [4.78, 5) is 0. The maximum Gasteiger partial charge on any atom is 0.419 e. The fraction of sp³-hybridized carbons (Fsp3) is 0.294. The van der Waals surface area contributed by atoms with Crippen LogP contribution < -0.4 is 10.1 Å². The minimum absolute atomic E-state index is 0.0914. The first-order chi connectivity index (χ1) is 10.6. The quantitative estimate of drug-likeness (QED) is 0.926. The van der Waals surface area contributed by atoms with E-state index >= 15 is 0 Å². The van der Waals surface area contributed by atoms with Gasteiger partial charge in [-0.1, -0.05) is 36.4 Å². The van der Waals surface area contributed by atoms with Crippen LogP contribution in [0.3, 0.4) is 0 Å². The molecule has 1 heterocycles. The van der Waals surface area contributed by atoms with Crippen LogP contribution in [0.15, 0.2) is 48.5 Å². The zero-order valence-corrected chi connectivity index (χ0v) is 11.9. The van der Waals surface area contributed by atoms with Crippen LogP contribution in [0.2, 0.25) is 0 Å². The summed E-state index contributed by atoms with van der Waals surface area (Å²) in [6, 6.07) is 13.2. The van der Waals surface area contributed by atoms with Crippen molar-refractivity contribution in [1.29, 1.82) is 0 Å². The van der Waals surface area contributed by atoms with Gasteiger partial charge in [0.05, 0.1) is 11.6 Å². The molecule has 2 aromatic carbocycles. The molecule has 3 rings (SSSR count). The molecule has 0 bridgehead atoms. The number of hydrogen-bond donors (Lipinski definition) is 1. The highest BCUT2D eigenvalue weighted by molar-refractivity contribution is 5.36. The van der Waals surface area contributed by atoms with Gasteiger partial charge in [0, 0.05) is 0 Å². The Kier molecular flexibility index (Phi) is 4.07. The Bertz CT molecular complexity index is 654. The molecule has 1 aliphatic heterocycles. The molecule has 1 atom stereocenters. The van der Waals surface area contributed by atoms with E-state index in [0.29, 0.717) is 0 Å². The van der Waals surface area contributed by atoms with Gasteiger partial charge in [-0.15, -0.1) is 0 Å². The lowest BCUT2D eigenvalue weighted by Crippen LogP contribution is -2.33. The lowest BCUT2D eigenvalue weighted by Gasteiger charge is -2.27. The van der Waals surface area contributed by atoms with E-state index in [1.807, 2.05) is 24.3 Å². The van der Waals surface area contributed by atoms with E-state index in [1.165, 1.54) is 17.7 Å². The minimum Gasteiger partial charge on any atom is -0.491 e. The third-order valence-electron chi connectivity index (χ3n) is 3.81. The average Bonchev–Trinajstić information content (AvgIpc) is 2.52. The number of alkyl halides is 3. The first-order valence-corrected chi connectivity index (χ1v) is 7.16. The van der Waals surface area contributed by atoms with Crippen molar-refractivity contribution >= 4 is 0 Å².